The minimum atomic E-state index is -0.355. The molecule has 1 aliphatic heterocycles. The van der Waals surface area contributed by atoms with Crippen LogP contribution in [0.2, 0.25) is 5.02 Å². The second kappa shape index (κ2) is 8.24. The van der Waals surface area contributed by atoms with Gasteiger partial charge in [0, 0.05) is 48.6 Å². The summed E-state index contributed by atoms with van der Waals surface area (Å²) < 4.78 is 2.62. The lowest BCUT2D eigenvalue weighted by molar-refractivity contribution is -0.122. The zero-order valence-corrected chi connectivity index (χ0v) is 16.6. The third-order valence-corrected chi connectivity index (χ3v) is 5.68. The minimum Gasteiger partial charge on any atom is -0.352 e. The number of hydrogen-bond acceptors (Lipinski definition) is 6. The number of carbonyl (C=O) groups is 1. The van der Waals surface area contributed by atoms with Gasteiger partial charge >= 0.3 is 5.69 Å². The van der Waals surface area contributed by atoms with Crippen molar-refractivity contribution in [3.8, 4) is 0 Å². The Hall–Kier alpha value is -2.52. The average molecular weight is 419 g/mol. The highest BCUT2D eigenvalue weighted by molar-refractivity contribution is 7.99. The van der Waals surface area contributed by atoms with Crippen LogP contribution in [0, 0.1) is 0 Å². The first-order valence-corrected chi connectivity index (χ1v) is 10.4. The lowest BCUT2D eigenvalue weighted by Gasteiger charge is -2.27. The summed E-state index contributed by atoms with van der Waals surface area (Å²) in [7, 11) is 0. The zero-order valence-electron chi connectivity index (χ0n) is 15.0. The molecule has 0 unspecified atom stereocenters. The Balaban J connectivity index is 1.50. The van der Waals surface area contributed by atoms with Crippen molar-refractivity contribution in [2.75, 3.05) is 29.5 Å². The smallest absolute Gasteiger partial charge is 0.350 e. The largest absolute Gasteiger partial charge is 0.352 e. The van der Waals surface area contributed by atoms with Gasteiger partial charge in [0.2, 0.25) is 11.6 Å². The molecule has 10 heteroatoms. The molecule has 1 amide bonds. The highest BCUT2D eigenvalue weighted by Gasteiger charge is 2.19. The topological polar surface area (TPSA) is 84.5 Å². The number of hydrogen-bond donors (Lipinski definition) is 1. The fourth-order valence-corrected chi connectivity index (χ4v) is 4.06. The molecule has 146 valence electrons. The Bertz CT molecular complexity index is 1040. The van der Waals surface area contributed by atoms with Gasteiger partial charge in [-0.1, -0.05) is 23.7 Å². The summed E-state index contributed by atoms with van der Waals surface area (Å²) in [6, 6.07) is 7.22. The molecule has 1 aliphatic rings. The summed E-state index contributed by atoms with van der Waals surface area (Å²) in [6.45, 7) is 1.93. The quantitative estimate of drug-likeness (QED) is 0.674. The third-order valence-electron chi connectivity index (χ3n) is 4.49. The van der Waals surface area contributed by atoms with Crippen LogP contribution in [0.25, 0.3) is 5.65 Å². The lowest BCUT2D eigenvalue weighted by Crippen LogP contribution is -2.33. The van der Waals surface area contributed by atoms with Crippen LogP contribution in [-0.4, -0.2) is 49.7 Å². The number of aromatic nitrogens is 4. The Morgan fingerprint density at radius 1 is 1.21 bits per heavy atom. The van der Waals surface area contributed by atoms with E-state index >= 15 is 0 Å². The van der Waals surface area contributed by atoms with E-state index in [1.165, 1.54) is 9.08 Å². The van der Waals surface area contributed by atoms with E-state index in [4.69, 9.17) is 11.6 Å². The van der Waals surface area contributed by atoms with E-state index < -0.39 is 0 Å². The number of rotatable bonds is 5. The average Bonchev–Trinajstić information content (AvgIpc) is 3.04. The summed E-state index contributed by atoms with van der Waals surface area (Å²) in [5, 5.41) is 7.81. The second-order valence-corrected chi connectivity index (χ2v) is 8.05. The van der Waals surface area contributed by atoms with Crippen LogP contribution in [0.4, 0.5) is 5.82 Å². The van der Waals surface area contributed by atoms with Gasteiger partial charge in [0.1, 0.15) is 6.54 Å². The first-order valence-electron chi connectivity index (χ1n) is 8.90. The maximum Gasteiger partial charge on any atom is 0.350 e. The number of halogens is 1. The molecule has 0 aliphatic carbocycles. The monoisotopic (exact) mass is 418 g/mol. The number of nitrogens with zero attached hydrogens (tertiary/aromatic N) is 5. The molecule has 3 aromatic rings. The maximum absolute atomic E-state index is 12.6. The van der Waals surface area contributed by atoms with Gasteiger partial charge in [-0.2, -0.15) is 11.8 Å². The molecule has 2 aromatic heterocycles. The SMILES string of the molecule is O=C(Cn1nc2c(N3CCSCC3)nccn2c1=O)NCc1ccc(Cl)cc1. The van der Waals surface area contributed by atoms with Crippen molar-refractivity contribution in [1.29, 1.82) is 0 Å². The Kier molecular flexibility index (Phi) is 5.54. The second-order valence-electron chi connectivity index (χ2n) is 6.39. The number of benzene rings is 1. The van der Waals surface area contributed by atoms with Crippen LogP contribution in [0.1, 0.15) is 5.56 Å². The van der Waals surface area contributed by atoms with Gasteiger partial charge < -0.3 is 10.2 Å². The summed E-state index contributed by atoms with van der Waals surface area (Å²) in [4.78, 5) is 31.5. The Labute approximate surface area is 170 Å². The Morgan fingerprint density at radius 2 is 1.96 bits per heavy atom. The van der Waals surface area contributed by atoms with Gasteiger partial charge in [-0.25, -0.2) is 18.9 Å². The number of nitrogens with one attached hydrogen (secondary N) is 1. The van der Waals surface area contributed by atoms with Gasteiger partial charge in [0.05, 0.1) is 0 Å². The third kappa shape index (κ3) is 4.00. The molecular formula is C18H19ClN6O2S. The Morgan fingerprint density at radius 3 is 2.71 bits per heavy atom. The van der Waals surface area contributed by atoms with Crippen LogP contribution >= 0.6 is 23.4 Å². The number of fused-ring (bicyclic) bond motifs is 1. The summed E-state index contributed by atoms with van der Waals surface area (Å²) >= 11 is 7.76. The predicted octanol–water partition coefficient (Wildman–Crippen LogP) is 1.41. The molecule has 0 bridgehead atoms. The van der Waals surface area contributed by atoms with Gasteiger partial charge in [-0.05, 0) is 17.7 Å². The van der Waals surface area contributed by atoms with Crippen LogP contribution in [0.3, 0.4) is 0 Å². The van der Waals surface area contributed by atoms with Crippen molar-refractivity contribution in [1.82, 2.24) is 24.5 Å². The van der Waals surface area contributed by atoms with Crippen molar-refractivity contribution >= 4 is 40.7 Å². The van der Waals surface area contributed by atoms with E-state index in [-0.39, 0.29) is 18.1 Å². The van der Waals surface area contributed by atoms with E-state index in [9.17, 15) is 9.59 Å². The molecule has 1 saturated heterocycles. The van der Waals surface area contributed by atoms with Gasteiger partial charge in [0.25, 0.3) is 0 Å². The molecule has 8 nitrogen and oxygen atoms in total. The number of carbonyl (C=O) groups excluding carboxylic acids is 1. The number of anilines is 1. The van der Waals surface area contributed by atoms with Crippen LogP contribution < -0.4 is 15.9 Å². The van der Waals surface area contributed by atoms with Gasteiger partial charge in [-0.3, -0.25) is 4.79 Å². The molecule has 28 heavy (non-hydrogen) atoms. The van der Waals surface area contributed by atoms with Gasteiger partial charge in [0.15, 0.2) is 5.82 Å². The minimum absolute atomic E-state index is 0.149. The van der Waals surface area contributed by atoms with E-state index in [0.29, 0.717) is 23.0 Å². The first kappa shape index (κ1) is 18.8. The molecule has 1 aromatic carbocycles. The fourth-order valence-electron chi connectivity index (χ4n) is 3.03. The predicted molar refractivity (Wildman–Crippen MR) is 110 cm³/mol. The molecule has 0 saturated carbocycles. The van der Waals surface area contributed by atoms with Crippen LogP contribution in [-0.2, 0) is 17.9 Å². The summed E-state index contributed by atoms with van der Waals surface area (Å²) in [5.74, 6) is 2.42. The van der Waals surface area contributed by atoms with Crippen LogP contribution in [0.5, 0.6) is 0 Å². The van der Waals surface area contributed by atoms with Gasteiger partial charge in [-0.15, -0.1) is 5.10 Å². The highest BCUT2D eigenvalue weighted by atomic mass is 35.5. The number of thioether (sulfide) groups is 1. The maximum atomic E-state index is 12.6. The van der Waals surface area contributed by atoms with Crippen molar-refractivity contribution < 1.29 is 4.79 Å². The standard InChI is InChI=1S/C18H19ClN6O2S/c19-14-3-1-13(2-4-14)11-21-15(26)12-25-18(27)24-6-5-20-16(17(24)22-25)23-7-9-28-10-8-23/h1-6H,7-12H2,(H,21,26). The molecule has 1 fully saturated rings. The highest BCUT2D eigenvalue weighted by Crippen LogP contribution is 2.20. The van der Waals surface area contributed by atoms with E-state index in [2.05, 4.69) is 20.3 Å². The normalized spacial score (nSPS) is 14.4. The molecular weight excluding hydrogens is 400 g/mol. The van der Waals surface area contributed by atoms with Crippen LogP contribution in [0.15, 0.2) is 41.5 Å². The van der Waals surface area contributed by atoms with Crippen molar-refractivity contribution in [2.45, 2.75) is 13.1 Å². The number of amides is 1. The molecule has 4 rings (SSSR count). The summed E-state index contributed by atoms with van der Waals surface area (Å²) in [6.07, 6.45) is 3.17. The fraction of sp³-hybridized carbons (Fsp3) is 0.333. The van der Waals surface area contributed by atoms with Crippen molar-refractivity contribution in [3.63, 3.8) is 0 Å². The van der Waals surface area contributed by atoms with E-state index in [1.807, 2.05) is 23.9 Å². The molecule has 0 radical (unpaired) electrons. The van der Waals surface area contributed by atoms with Crippen molar-refractivity contribution in [3.05, 3.63) is 57.7 Å². The molecule has 0 spiro atoms. The van der Waals surface area contributed by atoms with Crippen molar-refractivity contribution in [2.24, 2.45) is 0 Å². The molecule has 0 atom stereocenters. The van der Waals surface area contributed by atoms with E-state index in [0.717, 1.165) is 30.2 Å². The van der Waals surface area contributed by atoms with E-state index in [1.54, 1.807) is 24.5 Å². The molecule has 1 N–H and O–H groups in total. The molecule has 3 heterocycles. The summed E-state index contributed by atoms with van der Waals surface area (Å²) in [5.41, 5.74) is 1.05. The first-order chi connectivity index (χ1) is 13.6. The zero-order chi connectivity index (χ0) is 19.5. The lowest BCUT2D eigenvalue weighted by atomic mass is 10.2.